The second-order valence-electron chi connectivity index (χ2n) is 18.3. The van der Waals surface area contributed by atoms with Crippen LogP contribution in [0.25, 0.3) is 0 Å². The molecule has 0 aliphatic carbocycles. The molecule has 364 valence electrons. The lowest BCUT2D eigenvalue weighted by Gasteiger charge is -2.40. The van der Waals surface area contributed by atoms with Gasteiger partial charge in [0, 0.05) is 6.42 Å². The van der Waals surface area contributed by atoms with Gasteiger partial charge in [-0.3, -0.25) is 4.79 Å². The fraction of sp³-hybridized carbons (Fsp3) is 0.868. The maximum atomic E-state index is 13.0. The molecule has 7 atom stereocenters. The molecule has 6 N–H and O–H groups in total. The van der Waals surface area contributed by atoms with Gasteiger partial charge in [0.2, 0.25) is 5.91 Å². The van der Waals surface area contributed by atoms with Crippen LogP contribution in [0.3, 0.4) is 0 Å². The van der Waals surface area contributed by atoms with Gasteiger partial charge in [-0.15, -0.1) is 0 Å². The monoisotopic (exact) mass is 878 g/mol. The fourth-order valence-electron chi connectivity index (χ4n) is 8.23. The third-order valence-corrected chi connectivity index (χ3v) is 12.4. The van der Waals surface area contributed by atoms with Gasteiger partial charge < -0.3 is 40.3 Å². The largest absolute Gasteiger partial charge is 0.394 e. The van der Waals surface area contributed by atoms with Gasteiger partial charge in [-0.25, -0.2) is 0 Å². The lowest BCUT2D eigenvalue weighted by Crippen LogP contribution is -2.60. The number of hydrogen-bond acceptors (Lipinski definition) is 8. The van der Waals surface area contributed by atoms with E-state index in [1.165, 1.54) is 180 Å². The van der Waals surface area contributed by atoms with E-state index < -0.39 is 49.5 Å². The van der Waals surface area contributed by atoms with Gasteiger partial charge in [0.25, 0.3) is 0 Å². The molecule has 9 heteroatoms. The predicted octanol–water partition coefficient (Wildman–Crippen LogP) is 12.0. The number of unbranched alkanes of at least 4 members (excludes halogenated alkanes) is 30. The van der Waals surface area contributed by atoms with Crippen LogP contribution in [0.5, 0.6) is 0 Å². The van der Waals surface area contributed by atoms with Crippen LogP contribution in [-0.4, -0.2) is 87.5 Å². The first-order valence-electron chi connectivity index (χ1n) is 26.2. The molecule has 0 aromatic heterocycles. The van der Waals surface area contributed by atoms with E-state index in [1.807, 2.05) is 6.08 Å². The number of carbonyl (C=O) groups excluding carboxylic acids is 1. The quantitative estimate of drug-likeness (QED) is 0.0262. The van der Waals surface area contributed by atoms with E-state index in [4.69, 9.17) is 9.47 Å². The number of rotatable bonds is 44. The van der Waals surface area contributed by atoms with Crippen molar-refractivity contribution in [1.82, 2.24) is 5.32 Å². The number of aliphatic hydroxyl groups excluding tert-OH is 5. The molecule has 1 heterocycles. The zero-order valence-electron chi connectivity index (χ0n) is 40.1. The average Bonchev–Trinajstić information content (AvgIpc) is 3.27. The number of aliphatic hydroxyl groups is 5. The van der Waals surface area contributed by atoms with Gasteiger partial charge in [-0.05, 0) is 57.8 Å². The van der Waals surface area contributed by atoms with Gasteiger partial charge in [0.05, 0.1) is 25.4 Å². The highest BCUT2D eigenvalue weighted by Gasteiger charge is 2.44. The van der Waals surface area contributed by atoms with Crippen molar-refractivity contribution in [2.24, 2.45) is 0 Å². The summed E-state index contributed by atoms with van der Waals surface area (Å²) >= 11 is 0. The van der Waals surface area contributed by atoms with Gasteiger partial charge in [-0.1, -0.05) is 211 Å². The van der Waals surface area contributed by atoms with Crippen molar-refractivity contribution < 1.29 is 39.8 Å². The van der Waals surface area contributed by atoms with Crippen LogP contribution in [0.1, 0.15) is 239 Å². The smallest absolute Gasteiger partial charge is 0.220 e. The van der Waals surface area contributed by atoms with Crippen molar-refractivity contribution in [3.05, 3.63) is 36.5 Å². The van der Waals surface area contributed by atoms with Crippen LogP contribution < -0.4 is 5.32 Å². The zero-order chi connectivity index (χ0) is 45.1. The van der Waals surface area contributed by atoms with Crippen LogP contribution in [0.2, 0.25) is 0 Å². The van der Waals surface area contributed by atoms with E-state index in [0.717, 1.165) is 38.5 Å². The van der Waals surface area contributed by atoms with E-state index in [2.05, 4.69) is 43.5 Å². The molecule has 0 aromatic rings. The molecule has 1 saturated heterocycles. The summed E-state index contributed by atoms with van der Waals surface area (Å²) in [5.41, 5.74) is 0. The molecule has 0 bridgehead atoms. The summed E-state index contributed by atoms with van der Waals surface area (Å²) in [6, 6.07) is -0.820. The lowest BCUT2D eigenvalue weighted by atomic mass is 9.99. The van der Waals surface area contributed by atoms with Crippen molar-refractivity contribution >= 4 is 5.91 Å². The summed E-state index contributed by atoms with van der Waals surface area (Å²) in [6.45, 7) is 3.76. The zero-order valence-corrected chi connectivity index (χ0v) is 40.1. The normalized spacial score (nSPS) is 20.5. The van der Waals surface area contributed by atoms with Crippen LogP contribution in [-0.2, 0) is 14.3 Å². The van der Waals surface area contributed by atoms with Crippen LogP contribution in [0, 0.1) is 0 Å². The summed E-state index contributed by atoms with van der Waals surface area (Å²) in [7, 11) is 0. The Kier molecular flexibility index (Phi) is 40.8. The van der Waals surface area contributed by atoms with Crippen molar-refractivity contribution in [2.75, 3.05) is 13.2 Å². The molecular formula is C53H99NO8. The molecule has 0 aromatic carbocycles. The number of carbonyl (C=O) groups is 1. The molecule has 1 amide bonds. The maximum absolute atomic E-state index is 13.0. The first kappa shape index (κ1) is 58.4. The summed E-state index contributed by atoms with van der Waals surface area (Å²) in [5, 5.41) is 54.2. The molecule has 1 aliphatic heterocycles. The van der Waals surface area contributed by atoms with Gasteiger partial charge >= 0.3 is 0 Å². The van der Waals surface area contributed by atoms with Gasteiger partial charge in [0.15, 0.2) is 6.29 Å². The molecule has 7 unspecified atom stereocenters. The van der Waals surface area contributed by atoms with Crippen molar-refractivity contribution in [1.29, 1.82) is 0 Å². The SMILES string of the molecule is CCCCCCCCC/C=C/CC/C=C/C(O)C(COC1OC(CO)C(O)C(O)C1O)NC(=O)CCCCCCCCCCCC/C=C\CCCCCCCCCCCCCC. The highest BCUT2D eigenvalue weighted by molar-refractivity contribution is 5.76. The summed E-state index contributed by atoms with van der Waals surface area (Å²) < 4.78 is 11.2. The molecule has 1 rings (SSSR count). The molecule has 1 fully saturated rings. The molecule has 0 spiro atoms. The summed E-state index contributed by atoms with van der Waals surface area (Å²) in [6.07, 6.45) is 47.8. The standard InChI is InChI=1S/C53H99NO8/c1-3-5-7-9-11-13-15-17-18-19-20-21-22-23-24-25-26-27-28-29-31-33-35-37-39-41-43-49(57)54-46(45-61-53-52(60)51(59)50(58)48(44-55)62-53)47(56)42-40-38-36-34-32-30-16-14-12-10-8-6-4-2/h23-24,32,34,40,42,46-48,50-53,55-56,58-60H,3-22,25-31,33,35-39,41,43-45H2,1-2H3,(H,54,57)/b24-23-,34-32+,42-40+. The van der Waals surface area contributed by atoms with Gasteiger partial charge in [-0.2, -0.15) is 0 Å². The Labute approximate surface area is 381 Å². The maximum Gasteiger partial charge on any atom is 0.220 e. The third-order valence-electron chi connectivity index (χ3n) is 12.4. The Bertz CT molecular complexity index is 1070. The van der Waals surface area contributed by atoms with E-state index in [0.29, 0.717) is 6.42 Å². The van der Waals surface area contributed by atoms with E-state index in [1.54, 1.807) is 6.08 Å². The number of hydrogen-bond donors (Lipinski definition) is 6. The second-order valence-corrected chi connectivity index (χ2v) is 18.3. The van der Waals surface area contributed by atoms with Crippen molar-refractivity contribution in [2.45, 2.75) is 281 Å². The molecule has 1 aliphatic rings. The van der Waals surface area contributed by atoms with E-state index >= 15 is 0 Å². The van der Waals surface area contributed by atoms with Crippen molar-refractivity contribution in [3.8, 4) is 0 Å². The molecular weight excluding hydrogens is 779 g/mol. The lowest BCUT2D eigenvalue weighted by molar-refractivity contribution is -0.302. The summed E-state index contributed by atoms with van der Waals surface area (Å²) in [5.74, 6) is -0.188. The first-order chi connectivity index (χ1) is 30.3. The van der Waals surface area contributed by atoms with Crippen LogP contribution in [0.15, 0.2) is 36.5 Å². The highest BCUT2D eigenvalue weighted by atomic mass is 16.7. The number of allylic oxidation sites excluding steroid dienone is 5. The van der Waals surface area contributed by atoms with Gasteiger partial charge in [0.1, 0.15) is 24.4 Å². The first-order valence-corrected chi connectivity index (χ1v) is 26.2. The van der Waals surface area contributed by atoms with E-state index in [-0.39, 0.29) is 12.5 Å². The topological polar surface area (TPSA) is 149 Å². The fourth-order valence-corrected chi connectivity index (χ4v) is 8.23. The van der Waals surface area contributed by atoms with Crippen molar-refractivity contribution in [3.63, 3.8) is 0 Å². The Morgan fingerprint density at radius 1 is 0.532 bits per heavy atom. The minimum absolute atomic E-state index is 0.188. The van der Waals surface area contributed by atoms with Crippen LogP contribution in [0.4, 0.5) is 0 Å². The molecule has 9 nitrogen and oxygen atoms in total. The summed E-state index contributed by atoms with van der Waals surface area (Å²) in [4.78, 5) is 13.0. The Balaban J connectivity index is 2.23. The molecule has 62 heavy (non-hydrogen) atoms. The predicted molar refractivity (Wildman–Crippen MR) is 258 cm³/mol. The highest BCUT2D eigenvalue weighted by Crippen LogP contribution is 2.23. The Morgan fingerprint density at radius 3 is 1.35 bits per heavy atom. The minimum Gasteiger partial charge on any atom is -0.394 e. The molecule has 0 radical (unpaired) electrons. The van der Waals surface area contributed by atoms with Crippen LogP contribution >= 0.6 is 0 Å². The second kappa shape index (κ2) is 43.3. The Hall–Kier alpha value is -1.59. The number of ether oxygens (including phenoxy) is 2. The minimum atomic E-state index is -1.57. The van der Waals surface area contributed by atoms with E-state index in [9.17, 15) is 30.3 Å². The molecule has 0 saturated carbocycles. The number of nitrogens with one attached hydrogen (secondary N) is 1. The third kappa shape index (κ3) is 33.0. The number of amides is 1. The average molecular weight is 878 g/mol. The Morgan fingerprint density at radius 2 is 0.919 bits per heavy atom.